The second-order valence-corrected chi connectivity index (χ2v) is 11.5. The number of fused-ring (bicyclic) bond motifs is 2. The lowest BCUT2D eigenvalue weighted by Gasteiger charge is -2.17. The summed E-state index contributed by atoms with van der Waals surface area (Å²) in [5, 5.41) is 12.8. The topological polar surface area (TPSA) is 109 Å². The fourth-order valence-electron chi connectivity index (χ4n) is 5.43. The maximum absolute atomic E-state index is 15.9. The minimum Gasteiger partial charge on any atom is -0.490 e. The first-order valence-electron chi connectivity index (χ1n) is 14.1. The number of H-pyrrole nitrogens is 1. The van der Waals surface area contributed by atoms with E-state index in [-0.39, 0.29) is 36.3 Å². The predicted molar refractivity (Wildman–Crippen MR) is 168 cm³/mol. The normalized spacial score (nSPS) is 13.3. The third-order valence-electron chi connectivity index (χ3n) is 7.64. The molecule has 0 spiro atoms. The average molecular weight is 630 g/mol. The van der Waals surface area contributed by atoms with Crippen molar-refractivity contribution >= 4 is 33.2 Å². The molecule has 0 bridgehead atoms. The Balaban J connectivity index is 1.60. The van der Waals surface area contributed by atoms with E-state index in [1.165, 1.54) is 24.5 Å². The highest BCUT2D eigenvalue weighted by Gasteiger charge is 2.29. The van der Waals surface area contributed by atoms with Gasteiger partial charge in [-0.15, -0.1) is 11.3 Å². The number of amides is 2. The van der Waals surface area contributed by atoms with Crippen LogP contribution >= 0.6 is 11.3 Å². The van der Waals surface area contributed by atoms with Crippen LogP contribution in [0.1, 0.15) is 34.6 Å². The minimum absolute atomic E-state index is 0.0106. The van der Waals surface area contributed by atoms with Gasteiger partial charge in [0.1, 0.15) is 35.4 Å². The van der Waals surface area contributed by atoms with Crippen molar-refractivity contribution in [2.45, 2.75) is 19.5 Å². The highest BCUT2D eigenvalue weighted by atomic mass is 32.1. The van der Waals surface area contributed by atoms with Crippen LogP contribution in [-0.2, 0) is 16.1 Å². The summed E-state index contributed by atoms with van der Waals surface area (Å²) in [7, 11) is 3.26. The van der Waals surface area contributed by atoms with Crippen LogP contribution in [0.25, 0.3) is 43.9 Å². The number of hydrogen-bond acceptors (Lipinski definition) is 7. The summed E-state index contributed by atoms with van der Waals surface area (Å²) in [6.07, 6.45) is 1.17. The van der Waals surface area contributed by atoms with Gasteiger partial charge >= 0.3 is 0 Å². The highest BCUT2D eigenvalue weighted by molar-refractivity contribution is 7.18. The Morgan fingerprint density at radius 3 is 2.78 bits per heavy atom. The molecule has 0 saturated carbocycles. The van der Waals surface area contributed by atoms with Crippen molar-refractivity contribution in [1.29, 1.82) is 0 Å². The first-order valence-corrected chi connectivity index (χ1v) is 15.0. The molecule has 2 N–H and O–H groups in total. The first-order chi connectivity index (χ1) is 21.7. The van der Waals surface area contributed by atoms with E-state index >= 15 is 4.39 Å². The molecule has 1 unspecified atom stereocenters. The Labute approximate surface area is 261 Å². The molecule has 9 nitrogen and oxygen atoms in total. The number of rotatable bonds is 10. The number of nitrogens with one attached hydrogen (secondary N) is 2. The van der Waals surface area contributed by atoms with E-state index in [9.17, 15) is 14.0 Å². The summed E-state index contributed by atoms with van der Waals surface area (Å²) in [4.78, 5) is 31.5. The fraction of sp³-hybridized carbons (Fsp3) is 0.212. The lowest BCUT2D eigenvalue weighted by molar-refractivity contribution is -0.117. The molecule has 0 radical (unpaired) electrons. The lowest BCUT2D eigenvalue weighted by atomic mass is 9.95. The molecular weight excluding hydrogens is 600 g/mol. The van der Waals surface area contributed by atoms with Crippen LogP contribution in [0.3, 0.4) is 0 Å². The van der Waals surface area contributed by atoms with E-state index in [1.54, 1.807) is 24.9 Å². The molecule has 5 aromatic rings. The monoisotopic (exact) mass is 629 g/mol. The molecular formula is C33H29F2N5O4S. The van der Waals surface area contributed by atoms with Gasteiger partial charge in [0.05, 0.1) is 29.6 Å². The van der Waals surface area contributed by atoms with Crippen molar-refractivity contribution in [3.8, 4) is 39.5 Å². The van der Waals surface area contributed by atoms with Gasteiger partial charge in [-0.2, -0.15) is 5.10 Å². The molecule has 1 aliphatic rings. The van der Waals surface area contributed by atoms with E-state index in [4.69, 9.17) is 14.5 Å². The summed E-state index contributed by atoms with van der Waals surface area (Å²) >= 11 is 1.37. The van der Waals surface area contributed by atoms with E-state index in [0.717, 1.165) is 17.7 Å². The van der Waals surface area contributed by atoms with Gasteiger partial charge in [0, 0.05) is 59.6 Å². The Bertz CT molecular complexity index is 1970. The maximum Gasteiger partial charge on any atom is 0.254 e. The largest absolute Gasteiger partial charge is 0.490 e. The second-order valence-electron chi connectivity index (χ2n) is 10.6. The van der Waals surface area contributed by atoms with E-state index in [1.807, 2.05) is 29.6 Å². The number of aromatic nitrogens is 3. The van der Waals surface area contributed by atoms with Crippen LogP contribution in [-0.4, -0.2) is 59.3 Å². The Morgan fingerprint density at radius 2 is 2.00 bits per heavy atom. The van der Waals surface area contributed by atoms with Crippen LogP contribution in [0.2, 0.25) is 0 Å². The number of aromatic amines is 1. The van der Waals surface area contributed by atoms with Crippen molar-refractivity contribution in [1.82, 2.24) is 25.4 Å². The zero-order valence-electron chi connectivity index (χ0n) is 24.7. The summed E-state index contributed by atoms with van der Waals surface area (Å²) in [6, 6.07) is 10.7. The van der Waals surface area contributed by atoms with Gasteiger partial charge in [-0.05, 0) is 42.1 Å². The number of pyridine rings is 1. The van der Waals surface area contributed by atoms with Crippen LogP contribution in [0.5, 0.6) is 5.75 Å². The molecule has 12 heteroatoms. The van der Waals surface area contributed by atoms with Crippen molar-refractivity contribution in [3.63, 3.8) is 0 Å². The van der Waals surface area contributed by atoms with E-state index < -0.39 is 17.7 Å². The predicted octanol–water partition coefficient (Wildman–Crippen LogP) is 6.27. The molecule has 2 amide bonds. The zero-order chi connectivity index (χ0) is 31.8. The van der Waals surface area contributed by atoms with Crippen LogP contribution in [0.15, 0.2) is 60.5 Å². The Hall–Kier alpha value is -4.94. The first kappa shape index (κ1) is 30.1. The summed E-state index contributed by atoms with van der Waals surface area (Å²) < 4.78 is 42.0. The minimum atomic E-state index is -0.832. The number of thiophene rings is 1. The number of ether oxygens (including phenoxy) is 2. The van der Waals surface area contributed by atoms with Crippen LogP contribution < -0.4 is 10.1 Å². The standard InChI is InChI=1S/C33H29F2N5O4S/c1-5-27(41)36-17(2)24-15-25(39-38-24)31-29(28-23(35)13-20(34)14-26(28)44-10-9-43-4)32-21(8-11-45-32)30(37-31)18-6-7-19-16-40(3)33(42)22(19)12-18/h5-8,11-15,17H,1,9-10,16H2,2-4H3,(H,36,41)(H,38,39). The van der Waals surface area contributed by atoms with Crippen molar-refractivity contribution < 1.29 is 27.8 Å². The molecule has 2 aromatic carbocycles. The molecule has 0 aliphatic carbocycles. The lowest BCUT2D eigenvalue weighted by Crippen LogP contribution is -2.24. The number of methoxy groups -OCH3 is 1. The molecule has 3 aromatic heterocycles. The van der Waals surface area contributed by atoms with Gasteiger partial charge in [-0.25, -0.2) is 13.8 Å². The Kier molecular flexibility index (Phi) is 8.17. The molecule has 0 saturated heterocycles. The SMILES string of the molecule is C=CC(=O)NC(C)c1cc(-c2nc(-c3ccc4c(c3)C(=O)N(C)C4)c3ccsc3c2-c2c(F)cc(F)cc2OCCOC)n[nH]1. The molecule has 1 aliphatic heterocycles. The number of halogens is 2. The van der Waals surface area contributed by atoms with Gasteiger partial charge in [-0.1, -0.05) is 18.7 Å². The van der Waals surface area contributed by atoms with E-state index in [0.29, 0.717) is 56.1 Å². The summed E-state index contributed by atoms with van der Waals surface area (Å²) in [5.41, 5.74) is 4.41. The van der Waals surface area contributed by atoms with Gasteiger partial charge < -0.3 is 19.7 Å². The molecule has 45 heavy (non-hydrogen) atoms. The number of nitrogens with zero attached hydrogens (tertiary/aromatic N) is 3. The van der Waals surface area contributed by atoms with Gasteiger partial charge in [0.2, 0.25) is 5.91 Å². The van der Waals surface area contributed by atoms with Gasteiger partial charge in [0.15, 0.2) is 0 Å². The smallest absolute Gasteiger partial charge is 0.254 e. The quantitative estimate of drug-likeness (QED) is 0.139. The maximum atomic E-state index is 15.9. The second kappa shape index (κ2) is 12.2. The summed E-state index contributed by atoms with van der Waals surface area (Å²) in [5.74, 6) is -2.07. The zero-order valence-corrected chi connectivity index (χ0v) is 25.6. The molecule has 4 heterocycles. The third kappa shape index (κ3) is 5.58. The average Bonchev–Trinajstić information content (AvgIpc) is 3.76. The van der Waals surface area contributed by atoms with Crippen molar-refractivity contribution in [2.75, 3.05) is 27.4 Å². The number of hydrogen-bond donors (Lipinski definition) is 2. The van der Waals surface area contributed by atoms with E-state index in [2.05, 4.69) is 22.1 Å². The molecule has 230 valence electrons. The van der Waals surface area contributed by atoms with Crippen molar-refractivity contribution in [3.05, 3.63) is 89.0 Å². The van der Waals surface area contributed by atoms with Crippen molar-refractivity contribution in [2.24, 2.45) is 0 Å². The number of benzene rings is 2. The number of carbonyl (C=O) groups excluding carboxylic acids is 2. The van der Waals surface area contributed by atoms with Crippen LogP contribution in [0.4, 0.5) is 8.78 Å². The molecule has 1 atom stereocenters. The Morgan fingerprint density at radius 1 is 1.18 bits per heavy atom. The molecule has 6 rings (SSSR count). The third-order valence-corrected chi connectivity index (χ3v) is 8.57. The highest BCUT2D eigenvalue weighted by Crippen LogP contribution is 2.47. The van der Waals surface area contributed by atoms with Gasteiger partial charge in [-0.3, -0.25) is 14.7 Å². The number of carbonyl (C=O) groups is 2. The van der Waals surface area contributed by atoms with Gasteiger partial charge in [0.25, 0.3) is 5.91 Å². The van der Waals surface area contributed by atoms with Crippen LogP contribution in [0, 0.1) is 11.6 Å². The summed E-state index contributed by atoms with van der Waals surface area (Å²) in [6.45, 7) is 6.06. The molecule has 0 fully saturated rings. The fourth-order valence-corrected chi connectivity index (χ4v) is 6.38.